The molecule has 2 heteroatoms. The van der Waals surface area contributed by atoms with Gasteiger partial charge in [0.1, 0.15) is 0 Å². The Labute approximate surface area is 99.0 Å². The molecule has 1 aromatic carbocycles. The van der Waals surface area contributed by atoms with Gasteiger partial charge in [0.05, 0.1) is 6.61 Å². The molecule has 0 saturated carbocycles. The van der Waals surface area contributed by atoms with Gasteiger partial charge in [0.25, 0.3) is 0 Å². The standard InChI is InChI=1S/C14H23NO/c1-4-13-6-8-14(9-7-13)12(3)15-10-11-16-5-2/h6-9,12,15H,4-5,10-11H2,1-3H3. The van der Waals surface area contributed by atoms with Crippen LogP contribution in [0.1, 0.15) is 37.9 Å². The Hall–Kier alpha value is -0.860. The van der Waals surface area contributed by atoms with Gasteiger partial charge in [-0.2, -0.15) is 0 Å². The lowest BCUT2D eigenvalue weighted by molar-refractivity contribution is 0.147. The number of aryl methyl sites for hydroxylation is 1. The van der Waals surface area contributed by atoms with E-state index >= 15 is 0 Å². The average Bonchev–Trinajstić information content (AvgIpc) is 2.34. The van der Waals surface area contributed by atoms with Crippen LogP contribution >= 0.6 is 0 Å². The highest BCUT2D eigenvalue weighted by atomic mass is 16.5. The third-order valence-electron chi connectivity index (χ3n) is 2.79. The monoisotopic (exact) mass is 221 g/mol. The Morgan fingerprint density at radius 3 is 2.44 bits per heavy atom. The summed E-state index contributed by atoms with van der Waals surface area (Å²) in [7, 11) is 0. The second kappa shape index (κ2) is 7.42. The van der Waals surface area contributed by atoms with Crippen molar-refractivity contribution in [3.05, 3.63) is 35.4 Å². The molecule has 1 N–H and O–H groups in total. The van der Waals surface area contributed by atoms with E-state index in [1.54, 1.807) is 0 Å². The van der Waals surface area contributed by atoms with Gasteiger partial charge in [-0.15, -0.1) is 0 Å². The summed E-state index contributed by atoms with van der Waals surface area (Å²) in [5.41, 5.74) is 2.74. The molecular formula is C14H23NO. The molecule has 0 aliphatic heterocycles. The van der Waals surface area contributed by atoms with E-state index in [1.807, 2.05) is 6.92 Å². The summed E-state index contributed by atoms with van der Waals surface area (Å²) in [5.74, 6) is 0. The first kappa shape index (κ1) is 13.2. The first-order chi connectivity index (χ1) is 7.77. The summed E-state index contributed by atoms with van der Waals surface area (Å²) in [6, 6.07) is 9.21. The maximum atomic E-state index is 5.29. The number of hydrogen-bond acceptors (Lipinski definition) is 2. The normalized spacial score (nSPS) is 12.7. The number of benzene rings is 1. The molecule has 1 aromatic rings. The Kier molecular flexibility index (Phi) is 6.12. The van der Waals surface area contributed by atoms with Gasteiger partial charge in [-0.3, -0.25) is 0 Å². The molecule has 0 radical (unpaired) electrons. The second-order valence-corrected chi connectivity index (χ2v) is 3.97. The van der Waals surface area contributed by atoms with Crippen LogP contribution in [0, 0.1) is 0 Å². The van der Waals surface area contributed by atoms with E-state index in [0.717, 1.165) is 26.2 Å². The molecule has 0 spiro atoms. The molecule has 0 aromatic heterocycles. The van der Waals surface area contributed by atoms with Gasteiger partial charge in [0.15, 0.2) is 0 Å². The van der Waals surface area contributed by atoms with Crippen molar-refractivity contribution < 1.29 is 4.74 Å². The van der Waals surface area contributed by atoms with E-state index in [2.05, 4.69) is 43.4 Å². The lowest BCUT2D eigenvalue weighted by atomic mass is 10.1. The zero-order chi connectivity index (χ0) is 11.8. The van der Waals surface area contributed by atoms with Crippen molar-refractivity contribution in [1.29, 1.82) is 0 Å². The van der Waals surface area contributed by atoms with Crippen LogP contribution in [-0.2, 0) is 11.2 Å². The molecule has 0 aliphatic carbocycles. The molecule has 0 fully saturated rings. The van der Waals surface area contributed by atoms with Crippen LogP contribution in [0.5, 0.6) is 0 Å². The average molecular weight is 221 g/mol. The van der Waals surface area contributed by atoms with Crippen molar-refractivity contribution in [2.75, 3.05) is 19.8 Å². The van der Waals surface area contributed by atoms with E-state index < -0.39 is 0 Å². The second-order valence-electron chi connectivity index (χ2n) is 3.97. The van der Waals surface area contributed by atoms with Gasteiger partial charge in [0, 0.05) is 19.2 Å². The van der Waals surface area contributed by atoms with Gasteiger partial charge >= 0.3 is 0 Å². The molecule has 0 heterocycles. The van der Waals surface area contributed by atoms with Crippen LogP contribution in [0.3, 0.4) is 0 Å². The van der Waals surface area contributed by atoms with Crippen molar-refractivity contribution in [2.45, 2.75) is 33.2 Å². The Morgan fingerprint density at radius 2 is 1.88 bits per heavy atom. The first-order valence-electron chi connectivity index (χ1n) is 6.17. The quantitative estimate of drug-likeness (QED) is 0.715. The van der Waals surface area contributed by atoms with E-state index in [4.69, 9.17) is 4.74 Å². The molecule has 1 unspecified atom stereocenters. The molecule has 0 aliphatic rings. The van der Waals surface area contributed by atoms with Crippen molar-refractivity contribution in [1.82, 2.24) is 5.32 Å². The Balaban J connectivity index is 2.37. The van der Waals surface area contributed by atoms with E-state index in [-0.39, 0.29) is 0 Å². The van der Waals surface area contributed by atoms with E-state index in [9.17, 15) is 0 Å². The topological polar surface area (TPSA) is 21.3 Å². The molecule has 1 atom stereocenters. The molecule has 0 bridgehead atoms. The van der Waals surface area contributed by atoms with E-state index in [1.165, 1.54) is 11.1 Å². The lowest BCUT2D eigenvalue weighted by Gasteiger charge is -2.14. The van der Waals surface area contributed by atoms with Gasteiger partial charge in [-0.1, -0.05) is 31.2 Å². The summed E-state index contributed by atoms with van der Waals surface area (Å²) in [4.78, 5) is 0. The third-order valence-corrected chi connectivity index (χ3v) is 2.79. The fourth-order valence-corrected chi connectivity index (χ4v) is 1.65. The zero-order valence-electron chi connectivity index (χ0n) is 10.6. The molecule has 2 nitrogen and oxygen atoms in total. The zero-order valence-corrected chi connectivity index (χ0v) is 10.6. The van der Waals surface area contributed by atoms with Crippen molar-refractivity contribution in [3.8, 4) is 0 Å². The molecule has 16 heavy (non-hydrogen) atoms. The minimum Gasteiger partial charge on any atom is -0.380 e. The number of ether oxygens (including phenoxy) is 1. The van der Waals surface area contributed by atoms with Crippen molar-refractivity contribution >= 4 is 0 Å². The number of hydrogen-bond donors (Lipinski definition) is 1. The summed E-state index contributed by atoms with van der Waals surface area (Å²) in [6.45, 7) is 8.87. The SMILES string of the molecule is CCOCCNC(C)c1ccc(CC)cc1. The number of rotatable bonds is 7. The van der Waals surface area contributed by atoms with Crippen LogP contribution in [0.4, 0.5) is 0 Å². The van der Waals surface area contributed by atoms with Crippen LogP contribution in [0.15, 0.2) is 24.3 Å². The fraction of sp³-hybridized carbons (Fsp3) is 0.571. The Bertz CT molecular complexity index is 281. The predicted molar refractivity (Wildman–Crippen MR) is 68.7 cm³/mol. The van der Waals surface area contributed by atoms with Crippen LogP contribution < -0.4 is 5.32 Å². The third kappa shape index (κ3) is 4.33. The van der Waals surface area contributed by atoms with Gasteiger partial charge in [-0.25, -0.2) is 0 Å². The van der Waals surface area contributed by atoms with Crippen LogP contribution in [0.25, 0.3) is 0 Å². The maximum absolute atomic E-state index is 5.29. The van der Waals surface area contributed by atoms with Crippen molar-refractivity contribution in [3.63, 3.8) is 0 Å². The smallest absolute Gasteiger partial charge is 0.0590 e. The highest BCUT2D eigenvalue weighted by molar-refractivity contribution is 5.24. The van der Waals surface area contributed by atoms with E-state index in [0.29, 0.717) is 6.04 Å². The van der Waals surface area contributed by atoms with Gasteiger partial charge < -0.3 is 10.1 Å². The summed E-state index contributed by atoms with van der Waals surface area (Å²) in [6.07, 6.45) is 1.10. The lowest BCUT2D eigenvalue weighted by Crippen LogP contribution is -2.23. The summed E-state index contributed by atoms with van der Waals surface area (Å²) < 4.78 is 5.29. The first-order valence-corrected chi connectivity index (χ1v) is 6.17. The summed E-state index contributed by atoms with van der Waals surface area (Å²) in [5, 5.41) is 3.45. The minimum atomic E-state index is 0.395. The largest absolute Gasteiger partial charge is 0.380 e. The highest BCUT2D eigenvalue weighted by Crippen LogP contribution is 2.13. The minimum absolute atomic E-state index is 0.395. The van der Waals surface area contributed by atoms with Gasteiger partial charge in [0.2, 0.25) is 0 Å². The molecular weight excluding hydrogens is 198 g/mol. The highest BCUT2D eigenvalue weighted by Gasteiger charge is 2.03. The summed E-state index contributed by atoms with van der Waals surface area (Å²) >= 11 is 0. The van der Waals surface area contributed by atoms with Crippen LogP contribution in [0.2, 0.25) is 0 Å². The fourth-order valence-electron chi connectivity index (χ4n) is 1.65. The van der Waals surface area contributed by atoms with Crippen molar-refractivity contribution in [2.24, 2.45) is 0 Å². The maximum Gasteiger partial charge on any atom is 0.0590 e. The van der Waals surface area contributed by atoms with Crippen LogP contribution in [-0.4, -0.2) is 19.8 Å². The molecule has 1 rings (SSSR count). The number of nitrogens with one attached hydrogen (secondary N) is 1. The Morgan fingerprint density at radius 1 is 1.19 bits per heavy atom. The molecule has 0 amide bonds. The van der Waals surface area contributed by atoms with Gasteiger partial charge in [-0.05, 0) is 31.4 Å². The molecule has 0 saturated heterocycles. The predicted octanol–water partition coefficient (Wildman–Crippen LogP) is 2.94. The molecule has 90 valence electrons.